The van der Waals surface area contributed by atoms with Gasteiger partial charge in [0.15, 0.2) is 0 Å². The SMILES string of the molecule is COC(=O)c1ccc(S(=O)(=O)NC[C@H](c2ccco2)N(C)C)cc1Cl. The topological polar surface area (TPSA) is 88.8 Å². The average molecular weight is 387 g/mol. The first-order valence-electron chi connectivity index (χ1n) is 7.33. The molecule has 0 aliphatic heterocycles. The zero-order valence-corrected chi connectivity index (χ0v) is 15.6. The molecule has 1 aromatic carbocycles. The van der Waals surface area contributed by atoms with E-state index in [4.69, 9.17) is 16.0 Å². The molecule has 1 heterocycles. The molecule has 0 amide bonds. The summed E-state index contributed by atoms with van der Waals surface area (Å²) in [6.07, 6.45) is 1.53. The van der Waals surface area contributed by atoms with Crippen LogP contribution in [0.1, 0.15) is 22.2 Å². The minimum atomic E-state index is -3.81. The summed E-state index contributed by atoms with van der Waals surface area (Å²) in [6.45, 7) is 0.110. The van der Waals surface area contributed by atoms with E-state index in [-0.39, 0.29) is 28.1 Å². The maximum absolute atomic E-state index is 12.5. The molecule has 0 saturated carbocycles. The summed E-state index contributed by atoms with van der Waals surface area (Å²) >= 11 is 5.99. The molecule has 0 bridgehead atoms. The lowest BCUT2D eigenvalue weighted by atomic mass is 10.2. The Labute approximate surface area is 151 Å². The van der Waals surface area contributed by atoms with E-state index in [2.05, 4.69) is 9.46 Å². The van der Waals surface area contributed by atoms with Gasteiger partial charge in [0.1, 0.15) is 5.76 Å². The van der Waals surface area contributed by atoms with Gasteiger partial charge >= 0.3 is 5.97 Å². The fraction of sp³-hybridized carbons (Fsp3) is 0.312. The minimum Gasteiger partial charge on any atom is -0.468 e. The number of furan rings is 1. The van der Waals surface area contributed by atoms with Crippen molar-refractivity contribution >= 4 is 27.6 Å². The van der Waals surface area contributed by atoms with Crippen LogP contribution in [0.3, 0.4) is 0 Å². The van der Waals surface area contributed by atoms with Crippen molar-refractivity contribution in [2.75, 3.05) is 27.7 Å². The Morgan fingerprint density at radius 1 is 1.36 bits per heavy atom. The third-order valence-corrected chi connectivity index (χ3v) is 5.35. The van der Waals surface area contributed by atoms with Gasteiger partial charge in [-0.05, 0) is 44.4 Å². The second-order valence-electron chi connectivity index (χ2n) is 5.48. The molecule has 0 aliphatic rings. The monoisotopic (exact) mass is 386 g/mol. The summed E-state index contributed by atoms with van der Waals surface area (Å²) in [5.74, 6) is 0.0131. The number of carbonyl (C=O) groups is 1. The van der Waals surface area contributed by atoms with Crippen LogP contribution in [0.4, 0.5) is 0 Å². The van der Waals surface area contributed by atoms with Gasteiger partial charge in [-0.3, -0.25) is 4.90 Å². The van der Waals surface area contributed by atoms with Gasteiger partial charge in [-0.1, -0.05) is 11.6 Å². The van der Waals surface area contributed by atoms with E-state index < -0.39 is 16.0 Å². The standard InChI is InChI=1S/C16H19ClN2O5S/c1-19(2)14(15-5-4-8-24-15)10-18-25(21,22)11-6-7-12(13(17)9-11)16(20)23-3/h4-9,14,18H,10H2,1-3H3/t14-/m1/s1. The predicted molar refractivity (Wildman–Crippen MR) is 93.1 cm³/mol. The van der Waals surface area contributed by atoms with E-state index in [0.717, 1.165) is 0 Å². The Bertz CT molecular complexity index is 834. The van der Waals surface area contributed by atoms with E-state index in [0.29, 0.717) is 5.76 Å². The van der Waals surface area contributed by atoms with Gasteiger partial charge in [-0.2, -0.15) is 0 Å². The first-order valence-corrected chi connectivity index (χ1v) is 9.19. The van der Waals surface area contributed by atoms with Crippen molar-refractivity contribution in [2.45, 2.75) is 10.9 Å². The normalized spacial score (nSPS) is 13.0. The number of halogens is 1. The van der Waals surface area contributed by atoms with Crippen molar-refractivity contribution in [3.63, 3.8) is 0 Å². The molecule has 0 radical (unpaired) electrons. The summed E-state index contributed by atoms with van der Waals surface area (Å²) in [5, 5.41) is 0.00455. The number of sulfonamides is 1. The highest BCUT2D eigenvalue weighted by molar-refractivity contribution is 7.89. The Morgan fingerprint density at radius 3 is 2.60 bits per heavy atom. The van der Waals surface area contributed by atoms with E-state index in [1.807, 2.05) is 19.0 Å². The van der Waals surface area contributed by atoms with Crippen molar-refractivity contribution < 1.29 is 22.4 Å². The zero-order valence-electron chi connectivity index (χ0n) is 14.0. The number of nitrogens with zero attached hydrogens (tertiary/aromatic N) is 1. The van der Waals surface area contributed by atoms with Gasteiger partial charge in [-0.15, -0.1) is 0 Å². The van der Waals surface area contributed by atoms with Gasteiger partial charge in [0.25, 0.3) is 0 Å². The summed E-state index contributed by atoms with van der Waals surface area (Å²) in [4.78, 5) is 13.3. The highest BCUT2D eigenvalue weighted by Gasteiger charge is 2.22. The van der Waals surface area contributed by atoms with Gasteiger partial charge in [0.2, 0.25) is 10.0 Å². The lowest BCUT2D eigenvalue weighted by Crippen LogP contribution is -2.34. The third-order valence-electron chi connectivity index (χ3n) is 3.62. The number of nitrogens with one attached hydrogen (secondary N) is 1. The first kappa shape index (κ1) is 19.5. The van der Waals surface area contributed by atoms with E-state index in [1.165, 1.54) is 31.6 Å². The maximum Gasteiger partial charge on any atom is 0.339 e. The van der Waals surface area contributed by atoms with Crippen LogP contribution in [0.2, 0.25) is 5.02 Å². The van der Waals surface area contributed by atoms with Gasteiger partial charge < -0.3 is 9.15 Å². The second kappa shape index (κ2) is 8.01. The average Bonchev–Trinajstić information content (AvgIpc) is 3.08. The maximum atomic E-state index is 12.5. The van der Waals surface area contributed by atoms with Crippen molar-refractivity contribution in [3.8, 4) is 0 Å². The number of likely N-dealkylation sites (N-methyl/N-ethyl adjacent to an activating group) is 1. The predicted octanol–water partition coefficient (Wildman–Crippen LogP) is 2.30. The molecule has 0 spiro atoms. The Morgan fingerprint density at radius 2 is 2.08 bits per heavy atom. The van der Waals surface area contributed by atoms with E-state index in [9.17, 15) is 13.2 Å². The number of benzene rings is 1. The van der Waals surface area contributed by atoms with Crippen molar-refractivity contribution in [3.05, 3.63) is 52.9 Å². The molecule has 1 aromatic heterocycles. The zero-order chi connectivity index (χ0) is 18.6. The molecular weight excluding hydrogens is 368 g/mol. The van der Waals surface area contributed by atoms with Gasteiger partial charge in [0.05, 0.1) is 34.9 Å². The van der Waals surface area contributed by atoms with Crippen LogP contribution < -0.4 is 4.72 Å². The number of carbonyl (C=O) groups excluding carboxylic acids is 1. The van der Waals surface area contributed by atoms with E-state index in [1.54, 1.807) is 12.1 Å². The Hall–Kier alpha value is -1.87. The first-order chi connectivity index (χ1) is 11.8. The largest absolute Gasteiger partial charge is 0.468 e. The molecule has 1 atom stereocenters. The molecule has 9 heteroatoms. The molecule has 0 unspecified atom stereocenters. The Kier molecular flexibility index (Phi) is 6.23. The number of rotatable bonds is 7. The molecule has 25 heavy (non-hydrogen) atoms. The molecule has 0 saturated heterocycles. The van der Waals surface area contributed by atoms with Crippen molar-refractivity contribution in [1.29, 1.82) is 0 Å². The molecule has 0 fully saturated rings. The summed E-state index contributed by atoms with van der Waals surface area (Å²) in [6, 6.07) is 7.09. The second-order valence-corrected chi connectivity index (χ2v) is 7.65. The number of ether oxygens (including phenoxy) is 1. The summed E-state index contributed by atoms with van der Waals surface area (Å²) < 4.78 is 37.5. The van der Waals surface area contributed by atoms with Crippen LogP contribution in [0.15, 0.2) is 45.9 Å². The van der Waals surface area contributed by atoms with E-state index >= 15 is 0 Å². The highest BCUT2D eigenvalue weighted by Crippen LogP contribution is 2.23. The van der Waals surface area contributed by atoms with Crippen LogP contribution >= 0.6 is 11.6 Å². The molecule has 2 rings (SSSR count). The molecule has 136 valence electrons. The lowest BCUT2D eigenvalue weighted by molar-refractivity contribution is 0.0601. The highest BCUT2D eigenvalue weighted by atomic mass is 35.5. The Balaban J connectivity index is 2.18. The summed E-state index contributed by atoms with van der Waals surface area (Å²) in [5.41, 5.74) is 0.102. The van der Waals surface area contributed by atoms with Crippen LogP contribution in [-0.4, -0.2) is 47.0 Å². The van der Waals surface area contributed by atoms with Crippen molar-refractivity contribution in [1.82, 2.24) is 9.62 Å². The minimum absolute atomic E-state index is 0.00455. The molecule has 7 nitrogen and oxygen atoms in total. The molecule has 2 aromatic rings. The third kappa shape index (κ3) is 4.60. The van der Waals surface area contributed by atoms with Crippen LogP contribution in [0.5, 0.6) is 0 Å². The molecular formula is C16H19ClN2O5S. The molecule has 0 aliphatic carbocycles. The number of hydrogen-bond donors (Lipinski definition) is 1. The van der Waals surface area contributed by atoms with Crippen LogP contribution in [-0.2, 0) is 14.8 Å². The number of hydrogen-bond acceptors (Lipinski definition) is 6. The fourth-order valence-corrected chi connectivity index (χ4v) is 3.62. The van der Waals surface area contributed by atoms with Crippen LogP contribution in [0.25, 0.3) is 0 Å². The number of esters is 1. The fourth-order valence-electron chi connectivity index (χ4n) is 2.23. The van der Waals surface area contributed by atoms with Gasteiger partial charge in [0, 0.05) is 6.54 Å². The van der Waals surface area contributed by atoms with Gasteiger partial charge in [-0.25, -0.2) is 17.9 Å². The van der Waals surface area contributed by atoms with Crippen molar-refractivity contribution in [2.24, 2.45) is 0 Å². The summed E-state index contributed by atoms with van der Waals surface area (Å²) in [7, 11) is 1.06. The lowest BCUT2D eigenvalue weighted by Gasteiger charge is -2.22. The number of methoxy groups -OCH3 is 1. The smallest absolute Gasteiger partial charge is 0.339 e. The molecule has 1 N–H and O–H groups in total. The quantitative estimate of drug-likeness (QED) is 0.734. The van der Waals surface area contributed by atoms with Crippen LogP contribution in [0, 0.1) is 0 Å².